The molecule has 2 aliphatic rings. The fraction of sp³-hybridized carbons (Fsp3) is 0.611. The highest BCUT2D eigenvalue weighted by Gasteiger charge is 2.43. The van der Waals surface area contributed by atoms with Crippen LogP contribution in [0.4, 0.5) is 0 Å². The largest absolute Gasteiger partial charge is 0.485 e. The number of ether oxygens (including phenoxy) is 2. The molecule has 4 nitrogen and oxygen atoms in total. The molecule has 22 heavy (non-hydrogen) atoms. The maximum absolute atomic E-state index is 6.39. The predicted molar refractivity (Wildman–Crippen MR) is 89.0 cm³/mol. The summed E-state index contributed by atoms with van der Waals surface area (Å²) in [5.74, 6) is 2.64. The Morgan fingerprint density at radius 3 is 2.73 bits per heavy atom. The minimum Gasteiger partial charge on any atom is -0.485 e. The van der Waals surface area contributed by atoms with Gasteiger partial charge in [-0.05, 0) is 25.0 Å². The van der Waals surface area contributed by atoms with Crippen molar-refractivity contribution >= 4 is 5.84 Å². The zero-order chi connectivity index (χ0) is 15.3. The lowest BCUT2D eigenvalue weighted by Gasteiger charge is -2.38. The Hall–Kier alpha value is -1.71. The monoisotopic (exact) mass is 302 g/mol. The number of hydrogen-bond acceptors (Lipinski definition) is 4. The van der Waals surface area contributed by atoms with Crippen LogP contribution in [0, 0.1) is 0 Å². The van der Waals surface area contributed by atoms with Crippen LogP contribution in [-0.4, -0.2) is 31.1 Å². The smallest absolute Gasteiger partial charge is 0.199 e. The van der Waals surface area contributed by atoms with E-state index in [2.05, 4.69) is 17.2 Å². The number of nitrogens with zero attached hydrogens (tertiary/aromatic N) is 1. The average molecular weight is 302 g/mol. The van der Waals surface area contributed by atoms with Gasteiger partial charge in [-0.2, -0.15) is 0 Å². The molecule has 1 N–H and O–H groups in total. The zero-order valence-electron chi connectivity index (χ0n) is 13.4. The molecule has 2 aliphatic heterocycles. The van der Waals surface area contributed by atoms with E-state index in [1.807, 2.05) is 24.3 Å². The Bertz CT molecular complexity index is 530. The van der Waals surface area contributed by atoms with Crippen LogP contribution < -0.4 is 14.8 Å². The number of unbranched alkanes of at least 4 members (excludes halogenated alkanes) is 4. The van der Waals surface area contributed by atoms with Gasteiger partial charge in [0.15, 0.2) is 17.1 Å². The third-order valence-electron chi connectivity index (χ3n) is 4.41. The molecule has 1 unspecified atom stereocenters. The van der Waals surface area contributed by atoms with Gasteiger partial charge in [-0.25, -0.2) is 0 Å². The quantitative estimate of drug-likeness (QED) is 0.783. The lowest BCUT2D eigenvalue weighted by Crippen LogP contribution is -2.55. The molecule has 0 saturated carbocycles. The first kappa shape index (κ1) is 15.2. The Labute approximate surface area is 132 Å². The molecule has 0 amide bonds. The Balaban J connectivity index is 1.71. The molecular weight excluding hydrogens is 276 g/mol. The van der Waals surface area contributed by atoms with E-state index < -0.39 is 5.60 Å². The number of nitrogens with one attached hydrogen (secondary N) is 1. The highest BCUT2D eigenvalue weighted by atomic mass is 16.6. The van der Waals surface area contributed by atoms with E-state index in [0.717, 1.165) is 43.3 Å². The van der Waals surface area contributed by atoms with Gasteiger partial charge < -0.3 is 14.8 Å². The van der Waals surface area contributed by atoms with Crippen LogP contribution in [0.5, 0.6) is 11.5 Å². The zero-order valence-corrected chi connectivity index (χ0v) is 13.4. The second-order valence-corrected chi connectivity index (χ2v) is 6.15. The lowest BCUT2D eigenvalue weighted by atomic mass is 9.93. The van der Waals surface area contributed by atoms with E-state index in [0.29, 0.717) is 6.61 Å². The molecule has 0 saturated heterocycles. The molecule has 120 valence electrons. The molecule has 1 aromatic rings. The number of aliphatic imine (C=N–C) groups is 1. The van der Waals surface area contributed by atoms with Gasteiger partial charge in [-0.1, -0.05) is 44.7 Å². The third kappa shape index (κ3) is 3.21. The summed E-state index contributed by atoms with van der Waals surface area (Å²) in [4.78, 5) is 4.62. The van der Waals surface area contributed by atoms with Crippen molar-refractivity contribution in [2.45, 2.75) is 51.0 Å². The van der Waals surface area contributed by atoms with Crippen molar-refractivity contribution in [2.75, 3.05) is 19.7 Å². The Morgan fingerprint density at radius 2 is 1.95 bits per heavy atom. The van der Waals surface area contributed by atoms with Gasteiger partial charge in [0.1, 0.15) is 12.4 Å². The first-order chi connectivity index (χ1) is 10.8. The van der Waals surface area contributed by atoms with E-state index in [-0.39, 0.29) is 0 Å². The van der Waals surface area contributed by atoms with Crippen molar-refractivity contribution in [3.8, 4) is 11.5 Å². The number of para-hydroxylation sites is 2. The van der Waals surface area contributed by atoms with Crippen molar-refractivity contribution in [3.63, 3.8) is 0 Å². The van der Waals surface area contributed by atoms with E-state index in [9.17, 15) is 0 Å². The summed E-state index contributed by atoms with van der Waals surface area (Å²) in [7, 11) is 0. The summed E-state index contributed by atoms with van der Waals surface area (Å²) in [5, 5.41) is 3.40. The van der Waals surface area contributed by atoms with Gasteiger partial charge in [0.05, 0.1) is 6.54 Å². The molecule has 3 rings (SSSR count). The third-order valence-corrected chi connectivity index (χ3v) is 4.41. The SMILES string of the molecule is CCCCCCCC1(C2=NCCN2)COc2ccccc2O1. The first-order valence-corrected chi connectivity index (χ1v) is 8.54. The van der Waals surface area contributed by atoms with E-state index >= 15 is 0 Å². The summed E-state index contributed by atoms with van der Waals surface area (Å²) in [6.07, 6.45) is 7.22. The van der Waals surface area contributed by atoms with Gasteiger partial charge in [0, 0.05) is 6.54 Å². The molecule has 2 heterocycles. The van der Waals surface area contributed by atoms with Crippen LogP contribution in [0.25, 0.3) is 0 Å². The number of benzene rings is 1. The van der Waals surface area contributed by atoms with Crippen LogP contribution in [0.15, 0.2) is 29.3 Å². The molecule has 0 aliphatic carbocycles. The van der Waals surface area contributed by atoms with Crippen LogP contribution in [-0.2, 0) is 0 Å². The highest BCUT2D eigenvalue weighted by Crippen LogP contribution is 2.37. The maximum Gasteiger partial charge on any atom is 0.199 e. The lowest BCUT2D eigenvalue weighted by molar-refractivity contribution is 0.0349. The van der Waals surface area contributed by atoms with Gasteiger partial charge in [-0.15, -0.1) is 0 Å². The standard InChI is InChI=1S/C18H26N2O2/c1-2-3-4-5-8-11-18(17-19-12-13-20-17)14-21-15-9-6-7-10-16(15)22-18/h6-7,9-10H,2-5,8,11-14H2,1H3,(H,19,20). The van der Waals surface area contributed by atoms with Gasteiger partial charge in [0.25, 0.3) is 0 Å². The van der Waals surface area contributed by atoms with Crippen molar-refractivity contribution in [1.82, 2.24) is 5.32 Å². The minimum absolute atomic E-state index is 0.433. The molecule has 0 radical (unpaired) electrons. The molecule has 0 spiro atoms. The van der Waals surface area contributed by atoms with E-state index in [4.69, 9.17) is 9.47 Å². The van der Waals surface area contributed by atoms with Gasteiger partial charge >= 0.3 is 0 Å². The number of hydrogen-bond donors (Lipinski definition) is 1. The number of fused-ring (bicyclic) bond motifs is 1. The van der Waals surface area contributed by atoms with Crippen LogP contribution in [0.2, 0.25) is 0 Å². The van der Waals surface area contributed by atoms with Crippen LogP contribution in [0.1, 0.15) is 45.4 Å². The summed E-state index contributed by atoms with van der Waals surface area (Å²) >= 11 is 0. The molecule has 0 bridgehead atoms. The first-order valence-electron chi connectivity index (χ1n) is 8.54. The fourth-order valence-electron chi connectivity index (χ4n) is 3.16. The Morgan fingerprint density at radius 1 is 1.14 bits per heavy atom. The van der Waals surface area contributed by atoms with Crippen molar-refractivity contribution in [2.24, 2.45) is 4.99 Å². The van der Waals surface area contributed by atoms with Crippen molar-refractivity contribution in [1.29, 1.82) is 0 Å². The molecule has 4 heteroatoms. The van der Waals surface area contributed by atoms with Crippen LogP contribution in [0.3, 0.4) is 0 Å². The average Bonchev–Trinajstić information content (AvgIpc) is 3.10. The summed E-state index contributed by atoms with van der Waals surface area (Å²) in [6.45, 7) is 4.52. The fourth-order valence-corrected chi connectivity index (χ4v) is 3.16. The molecule has 1 atom stereocenters. The van der Waals surface area contributed by atoms with E-state index in [1.165, 1.54) is 25.7 Å². The minimum atomic E-state index is -0.433. The van der Waals surface area contributed by atoms with Crippen LogP contribution >= 0.6 is 0 Å². The summed E-state index contributed by atoms with van der Waals surface area (Å²) in [6, 6.07) is 7.91. The molecule has 1 aromatic carbocycles. The Kier molecular flexibility index (Phi) is 4.86. The van der Waals surface area contributed by atoms with Crippen molar-refractivity contribution in [3.05, 3.63) is 24.3 Å². The van der Waals surface area contributed by atoms with Gasteiger partial charge in [-0.3, -0.25) is 4.99 Å². The number of rotatable bonds is 7. The summed E-state index contributed by atoms with van der Waals surface area (Å²) in [5.41, 5.74) is -0.433. The molecular formula is C18H26N2O2. The second-order valence-electron chi connectivity index (χ2n) is 6.15. The highest BCUT2D eigenvalue weighted by molar-refractivity contribution is 5.92. The summed E-state index contributed by atoms with van der Waals surface area (Å²) < 4.78 is 12.4. The normalized spacial score (nSPS) is 23.0. The maximum atomic E-state index is 6.39. The van der Waals surface area contributed by atoms with E-state index in [1.54, 1.807) is 0 Å². The molecule has 0 aromatic heterocycles. The second kappa shape index (κ2) is 7.03. The topological polar surface area (TPSA) is 42.9 Å². The predicted octanol–water partition coefficient (Wildman–Crippen LogP) is 3.56. The van der Waals surface area contributed by atoms with Gasteiger partial charge in [0.2, 0.25) is 0 Å². The molecule has 0 fully saturated rings. The number of amidine groups is 1. The van der Waals surface area contributed by atoms with Crippen molar-refractivity contribution < 1.29 is 9.47 Å².